The van der Waals surface area contributed by atoms with Crippen LogP contribution in [0, 0.1) is 10.1 Å². The molecule has 29 heavy (non-hydrogen) atoms. The Morgan fingerprint density at radius 3 is 2.31 bits per heavy atom. The third-order valence-electron chi connectivity index (χ3n) is 3.87. The maximum atomic E-state index is 12.0. The molecule has 0 saturated heterocycles. The number of nitro benzene ring substituents is 1. The highest BCUT2D eigenvalue weighted by Crippen LogP contribution is 2.14. The molecule has 0 fully saturated rings. The fourth-order valence-corrected chi connectivity index (χ4v) is 2.32. The van der Waals surface area contributed by atoms with Gasteiger partial charge in [0.05, 0.1) is 11.3 Å². The maximum absolute atomic E-state index is 12.0. The first-order valence-electron chi connectivity index (χ1n) is 8.60. The lowest BCUT2D eigenvalue weighted by Gasteiger charge is -2.06. The first-order chi connectivity index (χ1) is 13.8. The van der Waals surface area contributed by atoms with Crippen LogP contribution in [0.5, 0.6) is 0 Å². The minimum atomic E-state index is -0.745. The number of anilines is 1. The van der Waals surface area contributed by atoms with Crippen LogP contribution in [0.25, 0.3) is 0 Å². The van der Waals surface area contributed by atoms with E-state index in [1.807, 2.05) is 0 Å². The molecule has 9 nitrogen and oxygen atoms in total. The number of benzene rings is 2. The number of esters is 1. The van der Waals surface area contributed by atoms with Gasteiger partial charge in [-0.2, -0.15) is 0 Å². The molecule has 9 heteroatoms. The number of rotatable bonds is 9. The van der Waals surface area contributed by atoms with Crippen molar-refractivity contribution in [2.45, 2.75) is 19.8 Å². The Hall–Kier alpha value is -3.88. The number of nitrogens with one attached hydrogen (secondary N) is 1. The standard InChI is InChI=1S/C20H18N2O7/c1-13(23)14-5-7-16(8-6-14)21-19(25)9-10-20(26)29-12-18(24)15-3-2-4-17(11-15)22(27)28/h2-8,11H,9-10,12H2,1H3,(H,21,25). The van der Waals surface area contributed by atoms with E-state index in [1.54, 1.807) is 24.3 Å². The van der Waals surface area contributed by atoms with Crippen molar-refractivity contribution in [1.29, 1.82) is 0 Å². The van der Waals surface area contributed by atoms with Crippen LogP contribution in [-0.2, 0) is 14.3 Å². The molecule has 150 valence electrons. The van der Waals surface area contributed by atoms with Crippen LogP contribution < -0.4 is 5.32 Å². The molecular formula is C20H18N2O7. The molecule has 0 heterocycles. The van der Waals surface area contributed by atoms with Crippen molar-refractivity contribution < 1.29 is 28.8 Å². The average molecular weight is 398 g/mol. The molecule has 0 bridgehead atoms. The quantitative estimate of drug-likeness (QED) is 0.297. The predicted molar refractivity (Wildman–Crippen MR) is 103 cm³/mol. The van der Waals surface area contributed by atoms with Gasteiger partial charge >= 0.3 is 5.97 Å². The Balaban J connectivity index is 1.77. The van der Waals surface area contributed by atoms with Crippen molar-refractivity contribution in [1.82, 2.24) is 0 Å². The van der Waals surface area contributed by atoms with Crippen molar-refractivity contribution in [2.24, 2.45) is 0 Å². The van der Waals surface area contributed by atoms with Crippen LogP contribution in [0.15, 0.2) is 48.5 Å². The van der Waals surface area contributed by atoms with E-state index < -0.39 is 29.2 Å². The first-order valence-corrected chi connectivity index (χ1v) is 8.60. The fourth-order valence-electron chi connectivity index (χ4n) is 2.32. The zero-order valence-corrected chi connectivity index (χ0v) is 15.5. The van der Waals surface area contributed by atoms with Crippen LogP contribution in [0.3, 0.4) is 0 Å². The number of carbonyl (C=O) groups is 4. The topological polar surface area (TPSA) is 133 Å². The highest BCUT2D eigenvalue weighted by atomic mass is 16.6. The second-order valence-corrected chi connectivity index (χ2v) is 6.07. The van der Waals surface area contributed by atoms with E-state index in [2.05, 4.69) is 5.32 Å². The van der Waals surface area contributed by atoms with E-state index in [0.29, 0.717) is 11.3 Å². The molecular weight excluding hydrogens is 380 g/mol. The number of carbonyl (C=O) groups excluding carboxylic acids is 4. The number of ether oxygens (including phenoxy) is 1. The minimum absolute atomic E-state index is 0.0544. The lowest BCUT2D eigenvalue weighted by atomic mass is 10.1. The molecule has 0 radical (unpaired) electrons. The van der Waals surface area contributed by atoms with Crippen molar-refractivity contribution in [2.75, 3.05) is 11.9 Å². The summed E-state index contributed by atoms with van der Waals surface area (Å²) in [6.45, 7) is 0.858. The largest absolute Gasteiger partial charge is 0.457 e. The van der Waals surface area contributed by atoms with Crippen LogP contribution in [0.2, 0.25) is 0 Å². The average Bonchev–Trinajstić information content (AvgIpc) is 2.70. The van der Waals surface area contributed by atoms with E-state index in [1.165, 1.54) is 25.1 Å². The van der Waals surface area contributed by atoms with Gasteiger partial charge in [0.15, 0.2) is 12.4 Å². The lowest BCUT2D eigenvalue weighted by molar-refractivity contribution is -0.384. The first kappa shape index (κ1) is 21.4. The molecule has 2 aromatic carbocycles. The van der Waals surface area contributed by atoms with Gasteiger partial charge in [-0.1, -0.05) is 12.1 Å². The highest BCUT2D eigenvalue weighted by Gasteiger charge is 2.14. The smallest absolute Gasteiger partial charge is 0.306 e. The zero-order chi connectivity index (χ0) is 21.4. The fraction of sp³-hybridized carbons (Fsp3) is 0.200. The molecule has 0 spiro atoms. The summed E-state index contributed by atoms with van der Waals surface area (Å²) in [5, 5.41) is 13.3. The van der Waals surface area contributed by atoms with E-state index in [4.69, 9.17) is 4.74 Å². The Morgan fingerprint density at radius 2 is 1.69 bits per heavy atom. The monoisotopic (exact) mass is 398 g/mol. The minimum Gasteiger partial charge on any atom is -0.457 e. The van der Waals surface area contributed by atoms with Gasteiger partial charge in [-0.05, 0) is 31.2 Å². The number of hydrogen-bond acceptors (Lipinski definition) is 7. The highest BCUT2D eigenvalue weighted by molar-refractivity contribution is 5.99. The summed E-state index contributed by atoms with van der Waals surface area (Å²) in [6, 6.07) is 11.4. The summed E-state index contributed by atoms with van der Waals surface area (Å²) in [5.74, 6) is -1.85. The molecule has 0 atom stereocenters. The molecule has 1 amide bonds. The summed E-state index contributed by atoms with van der Waals surface area (Å²) in [5.41, 5.74) is 0.808. The van der Waals surface area contributed by atoms with E-state index in [-0.39, 0.29) is 29.9 Å². The maximum Gasteiger partial charge on any atom is 0.306 e. The summed E-state index contributed by atoms with van der Waals surface area (Å²) in [7, 11) is 0. The second-order valence-electron chi connectivity index (χ2n) is 6.07. The van der Waals surface area contributed by atoms with Crippen LogP contribution >= 0.6 is 0 Å². The number of hydrogen-bond donors (Lipinski definition) is 1. The van der Waals surface area contributed by atoms with Crippen LogP contribution in [0.4, 0.5) is 11.4 Å². The van der Waals surface area contributed by atoms with Crippen LogP contribution in [0.1, 0.15) is 40.5 Å². The zero-order valence-electron chi connectivity index (χ0n) is 15.5. The Labute approximate surface area is 165 Å². The van der Waals surface area contributed by atoms with Crippen molar-refractivity contribution >= 4 is 34.8 Å². The van der Waals surface area contributed by atoms with E-state index in [9.17, 15) is 29.3 Å². The number of ketones is 2. The molecule has 0 aliphatic carbocycles. The molecule has 0 aromatic heterocycles. The van der Waals surface area contributed by atoms with Crippen molar-refractivity contribution in [3.05, 3.63) is 69.8 Å². The van der Waals surface area contributed by atoms with E-state index >= 15 is 0 Å². The molecule has 0 aliphatic rings. The van der Waals surface area contributed by atoms with Crippen molar-refractivity contribution in [3.8, 4) is 0 Å². The van der Waals surface area contributed by atoms with Gasteiger partial charge in [0, 0.05) is 35.4 Å². The summed E-state index contributed by atoms with van der Waals surface area (Å²) < 4.78 is 4.83. The predicted octanol–water partition coefficient (Wildman–Crippen LogP) is 2.94. The van der Waals surface area contributed by atoms with Gasteiger partial charge in [-0.25, -0.2) is 0 Å². The number of non-ortho nitro benzene ring substituents is 1. The molecule has 2 rings (SSSR count). The number of nitrogens with zero attached hydrogens (tertiary/aromatic N) is 1. The van der Waals surface area contributed by atoms with Gasteiger partial charge in [-0.3, -0.25) is 29.3 Å². The molecule has 0 aliphatic heterocycles. The molecule has 1 N–H and O–H groups in total. The third-order valence-corrected chi connectivity index (χ3v) is 3.87. The van der Waals surface area contributed by atoms with Gasteiger partial charge < -0.3 is 10.1 Å². The Morgan fingerprint density at radius 1 is 1.00 bits per heavy atom. The van der Waals surface area contributed by atoms with Gasteiger partial charge in [0.1, 0.15) is 0 Å². The van der Waals surface area contributed by atoms with Gasteiger partial charge in [-0.15, -0.1) is 0 Å². The second kappa shape index (κ2) is 9.88. The number of Topliss-reactive ketones (excluding diaryl/α,β-unsaturated/α-hetero) is 2. The molecule has 2 aromatic rings. The third kappa shape index (κ3) is 6.65. The Bertz CT molecular complexity index is 952. The normalized spacial score (nSPS) is 10.1. The molecule has 0 saturated carbocycles. The SMILES string of the molecule is CC(=O)c1ccc(NC(=O)CCC(=O)OCC(=O)c2cccc([N+](=O)[O-])c2)cc1. The van der Waals surface area contributed by atoms with E-state index in [0.717, 1.165) is 6.07 Å². The summed E-state index contributed by atoms with van der Waals surface area (Å²) in [4.78, 5) is 56.9. The number of nitro groups is 1. The number of amides is 1. The van der Waals surface area contributed by atoms with Gasteiger partial charge in [0.25, 0.3) is 5.69 Å². The van der Waals surface area contributed by atoms with Crippen LogP contribution in [-0.4, -0.2) is 35.0 Å². The summed E-state index contributed by atoms with van der Waals surface area (Å²) >= 11 is 0. The summed E-state index contributed by atoms with van der Waals surface area (Å²) in [6.07, 6.45) is -0.391. The lowest BCUT2D eigenvalue weighted by Crippen LogP contribution is -2.17. The van der Waals surface area contributed by atoms with Crippen molar-refractivity contribution in [3.63, 3.8) is 0 Å². The Kier molecular flexibility index (Phi) is 7.30. The van der Waals surface area contributed by atoms with Gasteiger partial charge in [0.2, 0.25) is 11.7 Å². The molecule has 0 unspecified atom stereocenters.